The third-order valence-corrected chi connectivity index (χ3v) is 6.69. The average molecular weight is 466 g/mol. The van der Waals surface area contributed by atoms with Crippen molar-refractivity contribution in [2.75, 3.05) is 47.4 Å². The Balaban J connectivity index is 2.00. The number of hydrogen-bond acceptors (Lipinski definition) is 5. The summed E-state index contributed by atoms with van der Waals surface area (Å²) in [5.41, 5.74) is 1.57. The van der Waals surface area contributed by atoms with Crippen LogP contribution in [0.2, 0.25) is 0 Å². The summed E-state index contributed by atoms with van der Waals surface area (Å²) in [5, 5.41) is 3.31. The molecule has 2 atom stereocenters. The number of amides is 1. The van der Waals surface area contributed by atoms with E-state index in [0.29, 0.717) is 18.9 Å². The van der Waals surface area contributed by atoms with Crippen molar-refractivity contribution in [1.82, 2.24) is 15.1 Å². The number of ether oxygens (including phenoxy) is 2. The number of likely N-dealkylation sites (N-methyl/N-ethyl adjacent to an activating group) is 1. The minimum Gasteiger partial charge on any atom is -0.414 e. The molecule has 0 aromatic heterocycles. The normalized spacial score (nSPS) is 17.9. The molecular formula is C28H39N3O3. The number of carbonyl (C=O) groups is 1. The highest BCUT2D eigenvalue weighted by Gasteiger charge is 2.42. The monoisotopic (exact) mass is 465 g/mol. The van der Waals surface area contributed by atoms with Crippen molar-refractivity contribution in [3.8, 4) is 0 Å². The van der Waals surface area contributed by atoms with Crippen LogP contribution in [0.5, 0.6) is 0 Å². The molecule has 2 unspecified atom stereocenters. The first kappa shape index (κ1) is 25.9. The second kappa shape index (κ2) is 12.2. The van der Waals surface area contributed by atoms with Crippen molar-refractivity contribution in [2.24, 2.45) is 0 Å². The zero-order valence-electron chi connectivity index (χ0n) is 21.2. The number of hydrogen-bond donors (Lipinski definition) is 1. The smallest absolute Gasteiger partial charge is 0.414 e. The van der Waals surface area contributed by atoms with Crippen molar-refractivity contribution >= 4 is 6.09 Å². The van der Waals surface area contributed by atoms with Gasteiger partial charge in [-0.3, -0.25) is 0 Å². The Bertz CT molecular complexity index is 885. The Morgan fingerprint density at radius 2 is 1.71 bits per heavy atom. The molecule has 34 heavy (non-hydrogen) atoms. The van der Waals surface area contributed by atoms with Gasteiger partial charge in [0, 0.05) is 26.2 Å². The maximum atomic E-state index is 13.3. The van der Waals surface area contributed by atoms with E-state index in [1.165, 1.54) is 0 Å². The summed E-state index contributed by atoms with van der Waals surface area (Å²) in [5.74, 6) is 0.637. The van der Waals surface area contributed by atoms with Gasteiger partial charge in [-0.2, -0.15) is 0 Å². The molecule has 1 aliphatic rings. The van der Waals surface area contributed by atoms with E-state index in [9.17, 15) is 4.79 Å². The molecule has 1 fully saturated rings. The first-order chi connectivity index (χ1) is 16.4. The molecule has 1 aliphatic heterocycles. The molecule has 6 nitrogen and oxygen atoms in total. The first-order valence-corrected chi connectivity index (χ1v) is 12.1. The topological polar surface area (TPSA) is 54.0 Å². The average Bonchev–Trinajstić information content (AvgIpc) is 2.87. The van der Waals surface area contributed by atoms with Gasteiger partial charge in [0.05, 0.1) is 24.7 Å². The van der Waals surface area contributed by atoms with Crippen LogP contribution in [0.1, 0.15) is 31.4 Å². The van der Waals surface area contributed by atoms with E-state index in [2.05, 4.69) is 55.5 Å². The Morgan fingerprint density at radius 1 is 1.12 bits per heavy atom. The molecule has 184 valence electrons. The van der Waals surface area contributed by atoms with Crippen LogP contribution < -0.4 is 5.32 Å². The number of benzene rings is 2. The second-order valence-corrected chi connectivity index (χ2v) is 9.25. The van der Waals surface area contributed by atoms with Gasteiger partial charge in [-0.25, -0.2) is 4.79 Å². The predicted molar refractivity (Wildman–Crippen MR) is 137 cm³/mol. The van der Waals surface area contributed by atoms with Gasteiger partial charge in [0.25, 0.3) is 0 Å². The number of allylic oxidation sites excluding steroid dienone is 2. The third kappa shape index (κ3) is 6.06. The molecule has 1 saturated heterocycles. The molecule has 0 saturated carbocycles. The van der Waals surface area contributed by atoms with E-state index in [4.69, 9.17) is 9.47 Å². The van der Waals surface area contributed by atoms with Crippen LogP contribution in [0.25, 0.3) is 0 Å². The number of rotatable bonds is 9. The molecule has 6 heteroatoms. The summed E-state index contributed by atoms with van der Waals surface area (Å²) < 4.78 is 12.0. The van der Waals surface area contributed by atoms with Crippen LogP contribution in [-0.4, -0.2) is 75.4 Å². The fourth-order valence-electron chi connectivity index (χ4n) is 4.54. The molecular weight excluding hydrogens is 426 g/mol. The molecule has 0 aliphatic carbocycles. The molecule has 1 N–H and O–H groups in total. The lowest BCUT2D eigenvalue weighted by Crippen LogP contribution is -2.46. The lowest BCUT2D eigenvalue weighted by atomic mass is 9.68. The highest BCUT2D eigenvalue weighted by Crippen LogP contribution is 2.44. The fourth-order valence-corrected chi connectivity index (χ4v) is 4.54. The van der Waals surface area contributed by atoms with Crippen molar-refractivity contribution in [2.45, 2.75) is 37.8 Å². The van der Waals surface area contributed by atoms with Gasteiger partial charge >= 0.3 is 6.09 Å². The zero-order valence-corrected chi connectivity index (χ0v) is 21.2. The van der Waals surface area contributed by atoms with Crippen molar-refractivity contribution in [3.63, 3.8) is 0 Å². The van der Waals surface area contributed by atoms with Crippen LogP contribution in [0, 0.1) is 0 Å². The standard InChI is InChI=1S/C28H39N3O3/c1-6-26(34-27(32)31(5)21-25-20-29-17-18-33-25)28(19-22(2)30(3)4,23-13-9-7-10-14-23)24-15-11-8-12-16-24/h6-16,22,25,29H,17-21H2,1-5H3/b26-6-. The van der Waals surface area contributed by atoms with E-state index in [-0.39, 0.29) is 18.2 Å². The van der Waals surface area contributed by atoms with Crippen LogP contribution in [0.15, 0.2) is 72.5 Å². The molecule has 3 rings (SSSR count). The summed E-state index contributed by atoms with van der Waals surface area (Å²) in [6, 6.07) is 20.9. The largest absolute Gasteiger partial charge is 0.414 e. The van der Waals surface area contributed by atoms with Gasteiger partial charge < -0.3 is 24.6 Å². The molecule has 1 heterocycles. The van der Waals surface area contributed by atoms with Gasteiger partial charge in [-0.05, 0) is 51.6 Å². The fraction of sp³-hybridized carbons (Fsp3) is 0.464. The molecule has 0 spiro atoms. The lowest BCUT2D eigenvalue weighted by Gasteiger charge is -2.40. The highest BCUT2D eigenvalue weighted by molar-refractivity contribution is 5.69. The number of morpholine rings is 1. The predicted octanol–water partition coefficient (Wildman–Crippen LogP) is 4.27. The Morgan fingerprint density at radius 3 is 2.18 bits per heavy atom. The molecule has 0 radical (unpaired) electrons. The van der Waals surface area contributed by atoms with E-state index in [1.54, 1.807) is 11.9 Å². The quantitative estimate of drug-likeness (QED) is 0.561. The van der Waals surface area contributed by atoms with Gasteiger partial charge in [0.1, 0.15) is 5.76 Å². The maximum Gasteiger partial charge on any atom is 0.414 e. The van der Waals surface area contributed by atoms with Crippen LogP contribution in [-0.2, 0) is 14.9 Å². The number of carbonyl (C=O) groups excluding carboxylic acids is 1. The van der Waals surface area contributed by atoms with Crippen LogP contribution in [0.4, 0.5) is 4.79 Å². The van der Waals surface area contributed by atoms with Crippen molar-refractivity contribution in [3.05, 3.63) is 83.6 Å². The van der Waals surface area contributed by atoms with Gasteiger partial charge in [0.2, 0.25) is 0 Å². The first-order valence-electron chi connectivity index (χ1n) is 12.1. The summed E-state index contributed by atoms with van der Waals surface area (Å²) in [6.45, 7) is 6.84. The van der Waals surface area contributed by atoms with Crippen molar-refractivity contribution in [1.29, 1.82) is 0 Å². The highest BCUT2D eigenvalue weighted by atomic mass is 16.6. The molecule has 1 amide bonds. The molecule has 2 aromatic rings. The van der Waals surface area contributed by atoms with Crippen LogP contribution >= 0.6 is 0 Å². The number of nitrogens with zero attached hydrogens (tertiary/aromatic N) is 2. The summed E-state index contributed by atoms with van der Waals surface area (Å²) in [4.78, 5) is 17.1. The number of nitrogens with one attached hydrogen (secondary N) is 1. The molecule has 2 aromatic carbocycles. The Labute approximate surface area is 204 Å². The maximum absolute atomic E-state index is 13.3. The SMILES string of the molecule is C/C=C(\OC(=O)N(C)CC1CNCCO1)C(CC(C)N(C)C)(c1ccccc1)c1ccccc1. The Hall–Kier alpha value is -2.67. The molecule has 0 bridgehead atoms. The van der Waals surface area contributed by atoms with E-state index in [1.807, 2.05) is 49.4 Å². The Kier molecular flexibility index (Phi) is 9.28. The van der Waals surface area contributed by atoms with Crippen LogP contribution in [0.3, 0.4) is 0 Å². The summed E-state index contributed by atoms with van der Waals surface area (Å²) >= 11 is 0. The zero-order chi connectivity index (χ0) is 24.6. The summed E-state index contributed by atoms with van der Waals surface area (Å²) in [7, 11) is 5.93. The lowest BCUT2D eigenvalue weighted by molar-refractivity contribution is 0.00969. The summed E-state index contributed by atoms with van der Waals surface area (Å²) in [6.07, 6.45) is 2.27. The van der Waals surface area contributed by atoms with Gasteiger partial charge in [-0.15, -0.1) is 0 Å². The minimum absolute atomic E-state index is 0.0397. The van der Waals surface area contributed by atoms with E-state index >= 15 is 0 Å². The minimum atomic E-state index is -0.625. The van der Waals surface area contributed by atoms with E-state index < -0.39 is 5.41 Å². The van der Waals surface area contributed by atoms with Gasteiger partial charge in [0.15, 0.2) is 0 Å². The van der Waals surface area contributed by atoms with E-state index in [0.717, 1.165) is 30.6 Å². The van der Waals surface area contributed by atoms with Crippen molar-refractivity contribution < 1.29 is 14.3 Å². The van der Waals surface area contributed by atoms with Gasteiger partial charge in [-0.1, -0.05) is 60.7 Å². The second-order valence-electron chi connectivity index (χ2n) is 9.25. The third-order valence-electron chi connectivity index (χ3n) is 6.69.